The summed E-state index contributed by atoms with van der Waals surface area (Å²) in [5, 5.41) is 5.62. The number of sulfonamides is 1. The Hall–Kier alpha value is -2.42. The van der Waals surface area contributed by atoms with E-state index >= 15 is 0 Å². The van der Waals surface area contributed by atoms with Crippen LogP contribution in [-0.4, -0.2) is 44.7 Å². The van der Waals surface area contributed by atoms with Crippen molar-refractivity contribution in [2.75, 3.05) is 19.4 Å². The van der Waals surface area contributed by atoms with E-state index in [0.717, 1.165) is 9.87 Å². The molecule has 0 aliphatic carbocycles. The van der Waals surface area contributed by atoms with Gasteiger partial charge in [0.25, 0.3) is 5.91 Å². The smallest absolute Gasteiger partial charge is 0.253 e. The number of nitrogens with zero attached hydrogens (tertiary/aromatic N) is 1. The Bertz CT molecular complexity index is 1120. The number of carbonyl (C=O) groups excluding carboxylic acids is 2. The SMILES string of the molecule is CC(C)[C@H](NC(=O)c1cc(S(=O)(=O)N(C)C)ccc1Cl)C(=O)Nc1ccc(C(C)(C)C)cc1. The second-order valence-electron chi connectivity index (χ2n) is 9.44. The molecule has 0 spiro atoms. The topological polar surface area (TPSA) is 95.6 Å². The number of hydrogen-bond donors (Lipinski definition) is 2. The normalized spacial score (nSPS) is 13.2. The maximum absolute atomic E-state index is 13.0. The van der Waals surface area contributed by atoms with E-state index in [1.54, 1.807) is 0 Å². The molecule has 9 heteroatoms. The minimum Gasteiger partial charge on any atom is -0.340 e. The Morgan fingerprint density at radius 1 is 1.00 bits per heavy atom. The molecule has 0 aliphatic rings. The fourth-order valence-electron chi connectivity index (χ4n) is 3.08. The monoisotopic (exact) mass is 493 g/mol. The highest BCUT2D eigenvalue weighted by Crippen LogP contribution is 2.24. The molecular formula is C24H32ClN3O4S. The van der Waals surface area contributed by atoms with Crippen molar-refractivity contribution in [1.29, 1.82) is 0 Å². The lowest BCUT2D eigenvalue weighted by molar-refractivity contribution is -0.118. The molecular weight excluding hydrogens is 462 g/mol. The minimum atomic E-state index is -3.75. The first kappa shape index (κ1) is 26.8. The maximum atomic E-state index is 13.0. The van der Waals surface area contributed by atoms with Crippen molar-refractivity contribution in [2.24, 2.45) is 5.92 Å². The van der Waals surface area contributed by atoms with Gasteiger partial charge in [-0.1, -0.05) is 58.4 Å². The predicted octanol–water partition coefficient (Wildman–Crippen LogP) is 4.28. The van der Waals surface area contributed by atoms with Gasteiger partial charge >= 0.3 is 0 Å². The second-order valence-corrected chi connectivity index (χ2v) is 12.0. The first-order chi connectivity index (χ1) is 15.1. The van der Waals surface area contributed by atoms with E-state index in [1.165, 1.54) is 32.3 Å². The molecule has 0 bridgehead atoms. The van der Waals surface area contributed by atoms with Crippen molar-refractivity contribution < 1.29 is 18.0 Å². The molecule has 0 radical (unpaired) electrons. The van der Waals surface area contributed by atoms with Gasteiger partial charge in [0.05, 0.1) is 15.5 Å². The Morgan fingerprint density at radius 2 is 1.58 bits per heavy atom. The van der Waals surface area contributed by atoms with Crippen LogP contribution < -0.4 is 10.6 Å². The van der Waals surface area contributed by atoms with E-state index in [1.807, 2.05) is 38.1 Å². The summed E-state index contributed by atoms with van der Waals surface area (Å²) in [4.78, 5) is 25.8. The molecule has 0 heterocycles. The molecule has 33 heavy (non-hydrogen) atoms. The molecule has 7 nitrogen and oxygen atoms in total. The van der Waals surface area contributed by atoms with Crippen LogP contribution in [0.5, 0.6) is 0 Å². The van der Waals surface area contributed by atoms with Crippen LogP contribution in [0.1, 0.15) is 50.5 Å². The van der Waals surface area contributed by atoms with Gasteiger partial charge in [-0.15, -0.1) is 0 Å². The first-order valence-corrected chi connectivity index (χ1v) is 12.4. The number of hydrogen-bond acceptors (Lipinski definition) is 4. The molecule has 2 amide bonds. The summed E-state index contributed by atoms with van der Waals surface area (Å²) >= 11 is 6.17. The predicted molar refractivity (Wildman–Crippen MR) is 132 cm³/mol. The average molecular weight is 494 g/mol. The zero-order chi connectivity index (χ0) is 25.1. The lowest BCUT2D eigenvalue weighted by Gasteiger charge is -2.23. The van der Waals surface area contributed by atoms with Gasteiger partial charge in [-0.2, -0.15) is 0 Å². The quantitative estimate of drug-likeness (QED) is 0.601. The summed E-state index contributed by atoms with van der Waals surface area (Å²) in [6.07, 6.45) is 0. The van der Waals surface area contributed by atoms with Gasteiger partial charge in [0.2, 0.25) is 15.9 Å². The summed E-state index contributed by atoms with van der Waals surface area (Å²) < 4.78 is 25.9. The van der Waals surface area contributed by atoms with Crippen molar-refractivity contribution in [3.8, 4) is 0 Å². The van der Waals surface area contributed by atoms with Crippen molar-refractivity contribution in [3.63, 3.8) is 0 Å². The van der Waals surface area contributed by atoms with Gasteiger partial charge in [0, 0.05) is 19.8 Å². The van der Waals surface area contributed by atoms with Gasteiger partial charge in [0.1, 0.15) is 6.04 Å². The van der Waals surface area contributed by atoms with Crippen molar-refractivity contribution in [1.82, 2.24) is 9.62 Å². The summed E-state index contributed by atoms with van der Waals surface area (Å²) in [7, 11) is -0.951. The Morgan fingerprint density at radius 3 is 2.06 bits per heavy atom. The molecule has 2 aromatic rings. The number of halogens is 1. The minimum absolute atomic E-state index is 0.00908. The largest absolute Gasteiger partial charge is 0.340 e. The van der Waals surface area contributed by atoms with Crippen LogP contribution in [-0.2, 0) is 20.2 Å². The summed E-state index contributed by atoms with van der Waals surface area (Å²) in [5.74, 6) is -1.24. The number of carbonyl (C=O) groups is 2. The zero-order valence-electron chi connectivity index (χ0n) is 20.1. The lowest BCUT2D eigenvalue weighted by atomic mass is 9.87. The number of rotatable bonds is 7. The third kappa shape index (κ3) is 6.56. The van der Waals surface area contributed by atoms with Gasteiger partial charge in [-0.25, -0.2) is 12.7 Å². The van der Waals surface area contributed by atoms with Crippen LogP contribution in [0.15, 0.2) is 47.4 Å². The molecule has 0 aromatic heterocycles. The molecule has 2 rings (SSSR count). The van der Waals surface area contributed by atoms with E-state index < -0.39 is 22.0 Å². The summed E-state index contributed by atoms with van der Waals surface area (Å²) in [5.41, 5.74) is 1.72. The molecule has 2 N–H and O–H groups in total. The number of amides is 2. The molecule has 1 atom stereocenters. The highest BCUT2D eigenvalue weighted by Gasteiger charge is 2.27. The summed E-state index contributed by atoms with van der Waals surface area (Å²) in [6, 6.07) is 10.6. The molecule has 0 fully saturated rings. The zero-order valence-corrected chi connectivity index (χ0v) is 21.6. The van der Waals surface area contributed by atoms with E-state index in [4.69, 9.17) is 11.6 Å². The standard InChI is InChI=1S/C24H32ClN3O4S/c1-15(2)21(23(30)26-17-10-8-16(9-11-17)24(3,4)5)27-22(29)19-14-18(12-13-20(19)25)33(31,32)28(6)7/h8-15,21H,1-7H3,(H,26,30)(H,27,29)/t21-/m0/s1. The van der Waals surface area contributed by atoms with Crippen LogP contribution >= 0.6 is 11.6 Å². The van der Waals surface area contributed by atoms with Crippen LogP contribution in [0.25, 0.3) is 0 Å². The Labute approximate surface area is 201 Å². The van der Waals surface area contributed by atoms with E-state index in [-0.39, 0.29) is 32.7 Å². The molecule has 180 valence electrons. The highest BCUT2D eigenvalue weighted by molar-refractivity contribution is 7.89. The van der Waals surface area contributed by atoms with E-state index in [2.05, 4.69) is 31.4 Å². The highest BCUT2D eigenvalue weighted by atomic mass is 35.5. The van der Waals surface area contributed by atoms with Crippen LogP contribution in [0.4, 0.5) is 5.69 Å². The van der Waals surface area contributed by atoms with Gasteiger partial charge in [-0.3, -0.25) is 9.59 Å². The second kappa shape index (κ2) is 10.2. The van der Waals surface area contributed by atoms with Gasteiger partial charge in [-0.05, 0) is 47.2 Å². The fourth-order valence-corrected chi connectivity index (χ4v) is 4.21. The maximum Gasteiger partial charge on any atom is 0.253 e. The van der Waals surface area contributed by atoms with Gasteiger partial charge < -0.3 is 10.6 Å². The van der Waals surface area contributed by atoms with Crippen molar-refractivity contribution >= 4 is 39.1 Å². The number of anilines is 1. The Kier molecular flexibility index (Phi) is 8.32. The lowest BCUT2D eigenvalue weighted by Crippen LogP contribution is -2.47. The van der Waals surface area contributed by atoms with Crippen molar-refractivity contribution in [3.05, 3.63) is 58.6 Å². The molecule has 0 saturated carbocycles. The third-order valence-corrected chi connectivity index (χ3v) is 7.36. The fraction of sp³-hybridized carbons (Fsp3) is 0.417. The van der Waals surface area contributed by atoms with Crippen LogP contribution in [0, 0.1) is 5.92 Å². The van der Waals surface area contributed by atoms with Crippen LogP contribution in [0.2, 0.25) is 5.02 Å². The van der Waals surface area contributed by atoms with E-state index in [0.29, 0.717) is 5.69 Å². The van der Waals surface area contributed by atoms with Gasteiger partial charge in [0.15, 0.2) is 0 Å². The first-order valence-electron chi connectivity index (χ1n) is 10.6. The van der Waals surface area contributed by atoms with Crippen LogP contribution in [0.3, 0.4) is 0 Å². The summed E-state index contributed by atoms with van der Waals surface area (Å²) in [6.45, 7) is 9.93. The number of benzene rings is 2. The average Bonchev–Trinajstić information content (AvgIpc) is 2.71. The number of nitrogens with one attached hydrogen (secondary N) is 2. The molecule has 0 saturated heterocycles. The van der Waals surface area contributed by atoms with Crippen molar-refractivity contribution in [2.45, 2.75) is 51.0 Å². The van der Waals surface area contributed by atoms with E-state index in [9.17, 15) is 18.0 Å². The molecule has 2 aromatic carbocycles. The molecule has 0 aliphatic heterocycles. The molecule has 0 unspecified atom stereocenters. The third-order valence-electron chi connectivity index (χ3n) is 5.22. The Balaban J connectivity index is 2.24.